The SMILES string of the molecule is C=CCN(Cc1ccc(C)cc1)C(=O)c1nn(CC)c2ccc(F)cc2c1=O. The Balaban J connectivity index is 2.06. The van der Waals surface area contributed by atoms with Gasteiger partial charge >= 0.3 is 0 Å². The zero-order chi connectivity index (χ0) is 20.3. The Morgan fingerprint density at radius 1 is 1.25 bits per heavy atom. The normalized spacial score (nSPS) is 10.8. The van der Waals surface area contributed by atoms with Crippen LogP contribution in [0.15, 0.2) is 59.9 Å². The second-order valence-electron chi connectivity index (χ2n) is 6.61. The molecule has 0 fully saturated rings. The van der Waals surface area contributed by atoms with Crippen LogP contribution in [0.25, 0.3) is 10.9 Å². The van der Waals surface area contributed by atoms with Crippen LogP contribution >= 0.6 is 0 Å². The topological polar surface area (TPSA) is 55.2 Å². The second kappa shape index (κ2) is 8.17. The molecular weight excluding hydrogens is 357 g/mol. The first-order valence-corrected chi connectivity index (χ1v) is 9.10. The molecule has 0 unspecified atom stereocenters. The lowest BCUT2D eigenvalue weighted by Crippen LogP contribution is -2.36. The van der Waals surface area contributed by atoms with Gasteiger partial charge in [-0.15, -0.1) is 6.58 Å². The Morgan fingerprint density at radius 3 is 2.61 bits per heavy atom. The fourth-order valence-corrected chi connectivity index (χ4v) is 3.08. The molecule has 3 rings (SSSR count). The third-order valence-corrected chi connectivity index (χ3v) is 4.55. The Labute approximate surface area is 162 Å². The minimum Gasteiger partial charge on any atom is -0.329 e. The molecule has 28 heavy (non-hydrogen) atoms. The van der Waals surface area contributed by atoms with Gasteiger partial charge in [0.15, 0.2) is 5.69 Å². The fourth-order valence-electron chi connectivity index (χ4n) is 3.08. The monoisotopic (exact) mass is 379 g/mol. The number of fused-ring (bicyclic) bond motifs is 1. The number of carbonyl (C=O) groups is 1. The number of halogens is 1. The number of aromatic nitrogens is 2. The molecule has 0 aliphatic rings. The van der Waals surface area contributed by atoms with Crippen molar-refractivity contribution in [2.24, 2.45) is 0 Å². The molecule has 6 heteroatoms. The van der Waals surface area contributed by atoms with E-state index in [2.05, 4.69) is 11.7 Å². The Hall–Kier alpha value is -3.28. The quantitative estimate of drug-likeness (QED) is 0.614. The Morgan fingerprint density at radius 2 is 1.96 bits per heavy atom. The van der Waals surface area contributed by atoms with Gasteiger partial charge in [-0.1, -0.05) is 35.9 Å². The lowest BCUT2D eigenvalue weighted by Gasteiger charge is -2.21. The van der Waals surface area contributed by atoms with Crippen LogP contribution in [-0.2, 0) is 13.1 Å². The first kappa shape index (κ1) is 19.5. The lowest BCUT2D eigenvalue weighted by molar-refractivity contribution is 0.0753. The summed E-state index contributed by atoms with van der Waals surface area (Å²) in [6.45, 7) is 8.57. The maximum absolute atomic E-state index is 13.7. The third-order valence-electron chi connectivity index (χ3n) is 4.55. The molecule has 5 nitrogen and oxygen atoms in total. The summed E-state index contributed by atoms with van der Waals surface area (Å²) in [5.74, 6) is -1.03. The highest BCUT2D eigenvalue weighted by Gasteiger charge is 2.22. The molecule has 1 aromatic heterocycles. The molecule has 0 aliphatic carbocycles. The van der Waals surface area contributed by atoms with Crippen molar-refractivity contribution in [1.29, 1.82) is 0 Å². The van der Waals surface area contributed by atoms with Crippen LogP contribution in [0.1, 0.15) is 28.5 Å². The maximum Gasteiger partial charge on any atom is 0.278 e. The van der Waals surface area contributed by atoms with Gasteiger partial charge in [-0.25, -0.2) is 4.39 Å². The molecule has 0 aliphatic heterocycles. The number of carbonyl (C=O) groups excluding carboxylic acids is 1. The summed E-state index contributed by atoms with van der Waals surface area (Å²) in [6, 6.07) is 11.7. The molecule has 0 spiro atoms. The van der Waals surface area contributed by atoms with Gasteiger partial charge in [0.1, 0.15) is 5.82 Å². The Kier molecular flexibility index (Phi) is 5.68. The largest absolute Gasteiger partial charge is 0.329 e. The van der Waals surface area contributed by atoms with E-state index in [9.17, 15) is 14.0 Å². The third kappa shape index (κ3) is 3.86. The minimum atomic E-state index is -0.567. The van der Waals surface area contributed by atoms with Gasteiger partial charge in [0.25, 0.3) is 5.91 Å². The second-order valence-corrected chi connectivity index (χ2v) is 6.61. The molecule has 0 bridgehead atoms. The number of rotatable bonds is 6. The first-order chi connectivity index (χ1) is 13.4. The minimum absolute atomic E-state index is 0.147. The van der Waals surface area contributed by atoms with Crippen molar-refractivity contribution in [3.8, 4) is 0 Å². The molecule has 0 saturated carbocycles. The van der Waals surface area contributed by atoms with E-state index < -0.39 is 17.2 Å². The van der Waals surface area contributed by atoms with E-state index in [4.69, 9.17) is 0 Å². The average molecular weight is 379 g/mol. The molecule has 1 heterocycles. The van der Waals surface area contributed by atoms with Gasteiger partial charge in [-0.3, -0.25) is 14.3 Å². The molecule has 1 amide bonds. The Bertz CT molecular complexity index is 1090. The van der Waals surface area contributed by atoms with E-state index >= 15 is 0 Å². The number of aryl methyl sites for hydroxylation is 2. The smallest absolute Gasteiger partial charge is 0.278 e. The van der Waals surface area contributed by atoms with Gasteiger partial charge in [0.05, 0.1) is 10.9 Å². The number of hydrogen-bond acceptors (Lipinski definition) is 3. The van der Waals surface area contributed by atoms with E-state index in [0.29, 0.717) is 18.6 Å². The molecule has 0 saturated heterocycles. The molecule has 0 atom stereocenters. The summed E-state index contributed by atoms with van der Waals surface area (Å²) in [4.78, 5) is 27.5. The van der Waals surface area contributed by atoms with Crippen LogP contribution in [-0.4, -0.2) is 27.1 Å². The maximum atomic E-state index is 13.7. The summed E-state index contributed by atoms with van der Waals surface area (Å²) in [6.07, 6.45) is 1.60. The van der Waals surface area contributed by atoms with Crippen LogP contribution in [0.4, 0.5) is 4.39 Å². The molecule has 3 aromatic rings. The van der Waals surface area contributed by atoms with Crippen LogP contribution in [0.5, 0.6) is 0 Å². The van der Waals surface area contributed by atoms with Gasteiger partial charge in [-0.2, -0.15) is 5.10 Å². The van der Waals surface area contributed by atoms with Crippen molar-refractivity contribution in [2.75, 3.05) is 6.54 Å². The van der Waals surface area contributed by atoms with Crippen molar-refractivity contribution in [2.45, 2.75) is 26.9 Å². The van der Waals surface area contributed by atoms with Gasteiger partial charge in [-0.05, 0) is 37.6 Å². The molecule has 0 N–H and O–H groups in total. The van der Waals surface area contributed by atoms with Crippen LogP contribution in [0, 0.1) is 12.7 Å². The average Bonchev–Trinajstić information content (AvgIpc) is 2.69. The van der Waals surface area contributed by atoms with Crippen molar-refractivity contribution in [3.05, 3.63) is 88.0 Å². The highest BCUT2D eigenvalue weighted by Crippen LogP contribution is 2.14. The molecular formula is C22H22FN3O2. The van der Waals surface area contributed by atoms with Crippen LogP contribution in [0.2, 0.25) is 0 Å². The van der Waals surface area contributed by atoms with E-state index in [1.165, 1.54) is 17.0 Å². The van der Waals surface area contributed by atoms with E-state index in [1.54, 1.807) is 10.8 Å². The highest BCUT2D eigenvalue weighted by atomic mass is 19.1. The van der Waals surface area contributed by atoms with Crippen LogP contribution < -0.4 is 5.43 Å². The first-order valence-electron chi connectivity index (χ1n) is 9.10. The standard InChI is InChI=1S/C22H22FN3O2/c1-4-12-25(14-16-8-6-15(3)7-9-16)22(28)20-21(27)18-13-17(23)10-11-19(18)26(5-2)24-20/h4,6-11,13H,1,5,12,14H2,2-3H3. The summed E-state index contributed by atoms with van der Waals surface area (Å²) in [7, 11) is 0. The fraction of sp³-hybridized carbons (Fsp3) is 0.227. The highest BCUT2D eigenvalue weighted by molar-refractivity contribution is 5.95. The number of hydrogen-bond donors (Lipinski definition) is 0. The van der Waals surface area contributed by atoms with Crippen LogP contribution in [0.3, 0.4) is 0 Å². The predicted molar refractivity (Wildman–Crippen MR) is 108 cm³/mol. The zero-order valence-corrected chi connectivity index (χ0v) is 16.0. The summed E-state index contributed by atoms with van der Waals surface area (Å²) in [5, 5.41) is 4.41. The lowest BCUT2D eigenvalue weighted by atomic mass is 10.1. The van der Waals surface area contributed by atoms with Crippen molar-refractivity contribution in [3.63, 3.8) is 0 Å². The van der Waals surface area contributed by atoms with Crippen molar-refractivity contribution >= 4 is 16.8 Å². The summed E-state index contributed by atoms with van der Waals surface area (Å²) < 4.78 is 15.3. The summed E-state index contributed by atoms with van der Waals surface area (Å²) >= 11 is 0. The number of amides is 1. The zero-order valence-electron chi connectivity index (χ0n) is 16.0. The number of benzene rings is 2. The molecule has 144 valence electrons. The number of nitrogens with zero attached hydrogens (tertiary/aromatic N) is 3. The molecule has 0 radical (unpaired) electrons. The van der Waals surface area contributed by atoms with Crippen molar-refractivity contribution < 1.29 is 9.18 Å². The van der Waals surface area contributed by atoms with Gasteiger partial charge < -0.3 is 4.90 Å². The molecule has 2 aromatic carbocycles. The van der Waals surface area contributed by atoms with Gasteiger partial charge in [0.2, 0.25) is 5.43 Å². The van der Waals surface area contributed by atoms with E-state index in [1.807, 2.05) is 38.1 Å². The van der Waals surface area contributed by atoms with E-state index in [-0.39, 0.29) is 17.6 Å². The van der Waals surface area contributed by atoms with Crippen molar-refractivity contribution in [1.82, 2.24) is 14.7 Å². The predicted octanol–water partition coefficient (Wildman–Crippen LogP) is 3.69. The van der Waals surface area contributed by atoms with Gasteiger partial charge in [0, 0.05) is 19.6 Å². The summed E-state index contributed by atoms with van der Waals surface area (Å²) in [5.41, 5.74) is 1.77. The van der Waals surface area contributed by atoms with E-state index in [0.717, 1.165) is 17.2 Å².